The van der Waals surface area contributed by atoms with Gasteiger partial charge in [-0.3, -0.25) is 16.0 Å². The van der Waals surface area contributed by atoms with E-state index >= 15 is 0 Å². The number of hydrogen-bond acceptors (Lipinski definition) is 10. The fourth-order valence-corrected chi connectivity index (χ4v) is 4.30. The number of nitrogens with two attached hydrogens (primary N) is 1. The minimum absolute atomic E-state index is 0.125. The molecule has 1 spiro atoms. The Morgan fingerprint density at radius 1 is 1.18 bits per heavy atom. The van der Waals surface area contributed by atoms with Crippen LogP contribution in [0.3, 0.4) is 0 Å². The van der Waals surface area contributed by atoms with Gasteiger partial charge in [-0.2, -0.15) is 0 Å². The van der Waals surface area contributed by atoms with Crippen molar-refractivity contribution in [2.75, 3.05) is 6.61 Å². The van der Waals surface area contributed by atoms with Crippen molar-refractivity contribution in [2.45, 2.75) is 47.8 Å². The summed E-state index contributed by atoms with van der Waals surface area (Å²) < 4.78 is 10.3. The fraction of sp³-hybridized carbons (Fsp3) is 0.909. The summed E-state index contributed by atoms with van der Waals surface area (Å²) in [6.45, 7) is -0.843. The first-order valence-corrected chi connectivity index (χ1v) is 6.83. The highest BCUT2D eigenvalue weighted by Crippen LogP contribution is 2.57. The molecule has 0 aromatic carbocycles. The van der Waals surface area contributed by atoms with Crippen molar-refractivity contribution in [1.82, 2.24) is 5.32 Å². The van der Waals surface area contributed by atoms with E-state index in [1.165, 1.54) is 0 Å². The van der Waals surface area contributed by atoms with Crippen molar-refractivity contribution in [3.8, 4) is 0 Å². The minimum Gasteiger partial charge on any atom is -0.393 e. The highest BCUT2D eigenvalue weighted by atomic mass is 16.9. The normalized spacial score (nSPS) is 62.4. The van der Waals surface area contributed by atoms with Gasteiger partial charge in [0, 0.05) is 0 Å². The van der Waals surface area contributed by atoms with Crippen LogP contribution in [0.15, 0.2) is 0 Å². The Labute approximate surface area is 123 Å². The quantitative estimate of drug-likeness (QED) is 0.224. The van der Waals surface area contributed by atoms with Gasteiger partial charge in [-0.05, 0) is 0 Å². The van der Waals surface area contributed by atoms with Crippen molar-refractivity contribution in [3.05, 3.63) is 0 Å². The third-order valence-electron chi connectivity index (χ3n) is 5.28. The Morgan fingerprint density at radius 2 is 1.82 bits per heavy atom. The summed E-state index contributed by atoms with van der Waals surface area (Å²) in [5, 5.41) is 64.5. The first kappa shape index (κ1) is 14.5. The molecule has 0 aromatic heterocycles. The third-order valence-corrected chi connectivity index (χ3v) is 5.28. The van der Waals surface area contributed by atoms with E-state index in [2.05, 4.69) is 10.3 Å². The molecule has 3 saturated heterocycles. The van der Waals surface area contributed by atoms with Gasteiger partial charge in [-0.25, -0.2) is 0 Å². The molecule has 10 N–H and O–H groups in total. The minimum atomic E-state index is -2.50. The number of hydrogen-bond donors (Lipinski definition) is 9. The summed E-state index contributed by atoms with van der Waals surface area (Å²) in [6.07, 6.45) is -7.56. The molecule has 4 aliphatic heterocycles. The molecule has 5 rings (SSSR count). The molecule has 0 amide bonds. The number of aliphatic hydroxyl groups is 6. The SMILES string of the molecule is NC1=[NH+][C@@H](O)[C@H]2[C@H]3O[C@]4(O)O[C@@H]([C@@H](O)[C@@]2(N1)[C@@H]4O)[C@]3(O)CO. The molecule has 4 bridgehead atoms. The van der Waals surface area contributed by atoms with Crippen LogP contribution in [0, 0.1) is 5.92 Å². The zero-order chi connectivity index (χ0) is 16.1. The van der Waals surface area contributed by atoms with Gasteiger partial charge in [0.1, 0.15) is 23.9 Å². The van der Waals surface area contributed by atoms with E-state index in [4.69, 9.17) is 15.2 Å². The Balaban J connectivity index is 1.95. The lowest BCUT2D eigenvalue weighted by Crippen LogP contribution is -3.03. The first-order chi connectivity index (χ1) is 10.2. The molecule has 9 atom stereocenters. The summed E-state index contributed by atoms with van der Waals surface area (Å²) >= 11 is 0. The molecule has 4 fully saturated rings. The van der Waals surface area contributed by atoms with E-state index in [1.807, 2.05) is 0 Å². The topological polar surface area (TPSA) is 192 Å². The monoisotopic (exact) mass is 320 g/mol. The first-order valence-electron chi connectivity index (χ1n) is 6.83. The average molecular weight is 320 g/mol. The maximum absolute atomic E-state index is 10.6. The van der Waals surface area contributed by atoms with Crippen molar-refractivity contribution in [1.29, 1.82) is 0 Å². The molecule has 11 nitrogen and oxygen atoms in total. The van der Waals surface area contributed by atoms with E-state index in [-0.39, 0.29) is 5.96 Å². The van der Waals surface area contributed by atoms with Crippen molar-refractivity contribution >= 4 is 5.96 Å². The van der Waals surface area contributed by atoms with Gasteiger partial charge in [0.15, 0.2) is 17.9 Å². The number of aliphatic hydroxyl groups excluding tert-OH is 4. The van der Waals surface area contributed by atoms with Gasteiger partial charge in [0.05, 0.1) is 12.5 Å². The average Bonchev–Trinajstić information content (AvgIpc) is 2.45. The van der Waals surface area contributed by atoms with Gasteiger partial charge >= 0.3 is 11.9 Å². The Morgan fingerprint density at radius 3 is 2.45 bits per heavy atom. The summed E-state index contributed by atoms with van der Waals surface area (Å²) in [5.74, 6) is -3.75. The largest absolute Gasteiger partial charge is 0.393 e. The maximum atomic E-state index is 10.6. The zero-order valence-corrected chi connectivity index (χ0v) is 11.2. The van der Waals surface area contributed by atoms with Gasteiger partial charge < -0.3 is 40.1 Å². The number of rotatable bonds is 1. The molecule has 5 aliphatic rings. The second kappa shape index (κ2) is 3.88. The second-order valence-electron chi connectivity index (χ2n) is 6.29. The van der Waals surface area contributed by atoms with Crippen LogP contribution in [0.1, 0.15) is 0 Å². The summed E-state index contributed by atoms with van der Waals surface area (Å²) in [5.41, 5.74) is 1.84. The van der Waals surface area contributed by atoms with E-state index in [0.717, 1.165) is 0 Å². The highest BCUT2D eigenvalue weighted by Gasteiger charge is 2.84. The molecular formula is C11H18N3O8+. The van der Waals surface area contributed by atoms with Crippen LogP contribution in [0.5, 0.6) is 0 Å². The Hall–Kier alpha value is -1.05. The number of ether oxygens (including phenoxy) is 2. The smallest absolute Gasteiger partial charge is 0.343 e. The van der Waals surface area contributed by atoms with E-state index < -0.39 is 60.3 Å². The lowest BCUT2D eigenvalue weighted by atomic mass is 9.55. The highest BCUT2D eigenvalue weighted by molar-refractivity contribution is 5.74. The van der Waals surface area contributed by atoms with Crippen LogP contribution in [0.4, 0.5) is 0 Å². The van der Waals surface area contributed by atoms with Gasteiger partial charge in [0.2, 0.25) is 0 Å². The molecule has 11 heteroatoms. The number of nitrogens with one attached hydrogen (secondary N) is 2. The Bertz CT molecular complexity index is 561. The van der Waals surface area contributed by atoms with Crippen LogP contribution >= 0.6 is 0 Å². The molecular weight excluding hydrogens is 302 g/mol. The van der Waals surface area contributed by atoms with E-state index in [1.54, 1.807) is 0 Å². The molecule has 124 valence electrons. The van der Waals surface area contributed by atoms with E-state index in [0.29, 0.717) is 0 Å². The summed E-state index contributed by atoms with van der Waals surface area (Å²) in [6, 6.07) is 0. The van der Waals surface area contributed by atoms with Crippen molar-refractivity contribution in [3.63, 3.8) is 0 Å². The molecule has 0 unspecified atom stereocenters. The van der Waals surface area contributed by atoms with Crippen molar-refractivity contribution < 1.29 is 45.1 Å². The lowest BCUT2D eigenvalue weighted by Gasteiger charge is -2.69. The second-order valence-corrected chi connectivity index (χ2v) is 6.29. The summed E-state index contributed by atoms with van der Waals surface area (Å²) in [4.78, 5) is 2.47. The summed E-state index contributed by atoms with van der Waals surface area (Å²) in [7, 11) is 0. The third kappa shape index (κ3) is 1.28. The predicted molar refractivity (Wildman–Crippen MR) is 64.3 cm³/mol. The molecule has 0 radical (unpaired) electrons. The Kier molecular flexibility index (Phi) is 2.57. The van der Waals surface area contributed by atoms with Gasteiger partial charge in [-0.1, -0.05) is 0 Å². The van der Waals surface area contributed by atoms with Crippen molar-refractivity contribution in [2.24, 2.45) is 11.7 Å². The number of guanidine groups is 1. The van der Waals surface area contributed by atoms with E-state index in [9.17, 15) is 30.6 Å². The zero-order valence-electron chi connectivity index (χ0n) is 11.2. The van der Waals surface area contributed by atoms with Crippen LogP contribution in [-0.4, -0.2) is 91.0 Å². The molecule has 1 aliphatic carbocycles. The van der Waals surface area contributed by atoms with Gasteiger partial charge in [0.25, 0.3) is 0 Å². The lowest BCUT2D eigenvalue weighted by molar-refractivity contribution is -0.621. The fourth-order valence-electron chi connectivity index (χ4n) is 4.30. The standard InChI is InChI=1S/C11H17N3O8/c12-8-13-6(17)2-4-9(19,1-15)5-3(16)10(2,14-8)7(18)11(20,21-4)22-5/h2-7,15-20H,1H2,(H3,12,13,14)/p+1/t2-,3-,4-,5+,6+,7+,9+,10-,11+/m1/s1. The van der Waals surface area contributed by atoms with Crippen LogP contribution in [0.25, 0.3) is 0 Å². The molecule has 4 heterocycles. The van der Waals surface area contributed by atoms with Crippen LogP contribution < -0.4 is 16.0 Å². The molecule has 22 heavy (non-hydrogen) atoms. The van der Waals surface area contributed by atoms with Gasteiger partial charge in [-0.15, -0.1) is 0 Å². The molecule has 0 aromatic rings. The predicted octanol–water partition coefficient (Wildman–Crippen LogP) is -7.44. The molecule has 1 saturated carbocycles. The maximum Gasteiger partial charge on any atom is 0.343 e. The van der Waals surface area contributed by atoms with Crippen LogP contribution in [0.2, 0.25) is 0 Å². The van der Waals surface area contributed by atoms with Crippen LogP contribution in [-0.2, 0) is 9.47 Å².